The van der Waals surface area contributed by atoms with Crippen LogP contribution in [-0.2, 0) is 6.42 Å². The zero-order valence-corrected chi connectivity index (χ0v) is 7.55. The average Bonchev–Trinajstić information content (AvgIpc) is 2.05. The van der Waals surface area contributed by atoms with Crippen LogP contribution in [-0.4, -0.2) is 15.9 Å². The predicted molar refractivity (Wildman–Crippen MR) is 51.5 cm³/mol. The molecule has 1 rings (SSSR count). The molecular formula is C8H12N3S+. The van der Waals surface area contributed by atoms with E-state index in [2.05, 4.69) is 4.98 Å². The first-order valence-corrected chi connectivity index (χ1v) is 4.68. The van der Waals surface area contributed by atoms with Gasteiger partial charge in [-0.05, 0) is 30.3 Å². The van der Waals surface area contributed by atoms with Crippen molar-refractivity contribution in [1.82, 2.24) is 4.98 Å². The molecule has 4 heteroatoms. The number of aryl methyl sites for hydroxylation is 1. The van der Waals surface area contributed by atoms with Crippen LogP contribution in [0.5, 0.6) is 0 Å². The summed E-state index contributed by atoms with van der Waals surface area (Å²) in [5.41, 5.74) is 6.37. The summed E-state index contributed by atoms with van der Waals surface area (Å²) in [4.78, 5) is 4.17. The van der Waals surface area contributed by atoms with Gasteiger partial charge in [0.1, 0.15) is 0 Å². The van der Waals surface area contributed by atoms with Gasteiger partial charge in [-0.1, -0.05) is 6.07 Å². The second kappa shape index (κ2) is 4.77. The van der Waals surface area contributed by atoms with Gasteiger partial charge in [0, 0.05) is 17.6 Å². The van der Waals surface area contributed by atoms with Gasteiger partial charge < -0.3 is 0 Å². The Morgan fingerprint density at radius 3 is 3.00 bits per heavy atom. The van der Waals surface area contributed by atoms with Crippen LogP contribution >= 0.6 is 11.8 Å². The highest BCUT2D eigenvalue weighted by atomic mass is 32.2. The molecule has 1 aromatic rings. The van der Waals surface area contributed by atoms with Crippen LogP contribution in [0.1, 0.15) is 5.69 Å². The van der Waals surface area contributed by atoms with Gasteiger partial charge in [-0.2, -0.15) is 0 Å². The normalized spacial score (nSPS) is 9.67. The highest BCUT2D eigenvalue weighted by Gasteiger charge is 1.97. The summed E-state index contributed by atoms with van der Waals surface area (Å²) in [6.45, 7) is 0. The van der Waals surface area contributed by atoms with Crippen molar-refractivity contribution in [1.29, 1.82) is 0 Å². The smallest absolute Gasteiger partial charge is 0.282 e. The van der Waals surface area contributed by atoms with Crippen LogP contribution in [0.2, 0.25) is 0 Å². The summed E-state index contributed by atoms with van der Waals surface area (Å²) >= 11 is 1.46. The molecule has 0 aromatic carbocycles. The third kappa shape index (κ3) is 3.39. The Bertz CT molecular complexity index is 248. The quantitative estimate of drug-likeness (QED) is 0.486. The first kappa shape index (κ1) is 9.06. The molecule has 0 unspecified atom stereocenters. The molecule has 4 N–H and O–H groups in total. The molecule has 0 fully saturated rings. The lowest BCUT2D eigenvalue weighted by Crippen LogP contribution is -2.43. The van der Waals surface area contributed by atoms with Gasteiger partial charge in [-0.15, -0.1) is 0 Å². The Hall–Kier alpha value is -1.03. The Morgan fingerprint density at radius 1 is 1.58 bits per heavy atom. The van der Waals surface area contributed by atoms with E-state index in [1.807, 2.05) is 18.2 Å². The molecule has 0 spiro atoms. The SMILES string of the molecule is NC(=[NH2+])SCCc1ccccn1. The Balaban J connectivity index is 2.29. The molecule has 0 aliphatic rings. The van der Waals surface area contributed by atoms with Crippen LogP contribution < -0.4 is 11.1 Å². The number of nitrogens with zero attached hydrogens (tertiary/aromatic N) is 1. The molecule has 64 valence electrons. The van der Waals surface area contributed by atoms with Crippen molar-refractivity contribution >= 4 is 16.9 Å². The fraction of sp³-hybridized carbons (Fsp3) is 0.250. The van der Waals surface area contributed by atoms with Gasteiger partial charge in [0.15, 0.2) is 0 Å². The van der Waals surface area contributed by atoms with Crippen LogP contribution in [0.3, 0.4) is 0 Å². The van der Waals surface area contributed by atoms with Crippen molar-refractivity contribution in [2.75, 3.05) is 5.75 Å². The summed E-state index contributed by atoms with van der Waals surface area (Å²) in [7, 11) is 0. The lowest BCUT2D eigenvalue weighted by atomic mass is 10.3. The Labute approximate surface area is 75.9 Å². The van der Waals surface area contributed by atoms with Crippen molar-refractivity contribution in [3.63, 3.8) is 0 Å². The van der Waals surface area contributed by atoms with Crippen molar-refractivity contribution in [2.24, 2.45) is 5.73 Å². The number of nitrogens with two attached hydrogens (primary N) is 2. The summed E-state index contributed by atoms with van der Waals surface area (Å²) in [5, 5.41) is 5.72. The third-order valence-electron chi connectivity index (χ3n) is 1.35. The number of aromatic nitrogens is 1. The molecule has 0 bridgehead atoms. The molecule has 1 aromatic heterocycles. The topological polar surface area (TPSA) is 64.5 Å². The molecule has 0 atom stereocenters. The van der Waals surface area contributed by atoms with Crippen LogP contribution in [0.4, 0.5) is 0 Å². The van der Waals surface area contributed by atoms with E-state index in [0.29, 0.717) is 5.17 Å². The average molecular weight is 182 g/mol. The molecular weight excluding hydrogens is 170 g/mol. The fourth-order valence-electron chi connectivity index (χ4n) is 0.819. The van der Waals surface area contributed by atoms with E-state index in [0.717, 1.165) is 17.9 Å². The summed E-state index contributed by atoms with van der Waals surface area (Å²) in [5.74, 6) is 0.888. The molecule has 12 heavy (non-hydrogen) atoms. The Morgan fingerprint density at radius 2 is 2.42 bits per heavy atom. The maximum atomic E-state index is 5.29. The molecule has 3 nitrogen and oxygen atoms in total. The zero-order chi connectivity index (χ0) is 8.81. The monoisotopic (exact) mass is 182 g/mol. The highest BCUT2D eigenvalue weighted by molar-refractivity contribution is 8.13. The predicted octanol–water partition coefficient (Wildman–Crippen LogP) is -0.569. The number of amidine groups is 1. The molecule has 0 aliphatic heterocycles. The molecule has 1 heterocycles. The van der Waals surface area contributed by atoms with Gasteiger partial charge in [0.2, 0.25) is 0 Å². The summed E-state index contributed by atoms with van der Waals surface area (Å²) in [6, 6.07) is 5.87. The van der Waals surface area contributed by atoms with Crippen molar-refractivity contribution in [3.8, 4) is 0 Å². The van der Waals surface area contributed by atoms with Crippen LogP contribution in [0, 0.1) is 0 Å². The van der Waals surface area contributed by atoms with E-state index in [4.69, 9.17) is 11.1 Å². The molecule has 0 saturated carbocycles. The second-order valence-electron chi connectivity index (χ2n) is 2.32. The van der Waals surface area contributed by atoms with Gasteiger partial charge in [0.25, 0.3) is 5.17 Å². The van der Waals surface area contributed by atoms with E-state index in [-0.39, 0.29) is 0 Å². The van der Waals surface area contributed by atoms with E-state index in [1.54, 1.807) is 6.20 Å². The van der Waals surface area contributed by atoms with Gasteiger partial charge in [-0.3, -0.25) is 16.1 Å². The highest BCUT2D eigenvalue weighted by Crippen LogP contribution is 2.01. The fourth-order valence-corrected chi connectivity index (χ4v) is 1.37. The lowest BCUT2D eigenvalue weighted by molar-refractivity contribution is -0.110. The maximum Gasteiger partial charge on any atom is 0.299 e. The number of thioether (sulfide) groups is 1. The van der Waals surface area contributed by atoms with E-state index in [1.165, 1.54) is 11.8 Å². The van der Waals surface area contributed by atoms with Crippen molar-refractivity contribution in [3.05, 3.63) is 30.1 Å². The molecule has 0 amide bonds. The van der Waals surface area contributed by atoms with Gasteiger partial charge in [0.05, 0.1) is 0 Å². The van der Waals surface area contributed by atoms with Gasteiger partial charge in [-0.25, -0.2) is 0 Å². The van der Waals surface area contributed by atoms with Crippen molar-refractivity contribution < 1.29 is 5.41 Å². The number of rotatable bonds is 3. The standard InChI is InChI=1S/C8H11N3S/c9-8(10)12-6-4-7-3-1-2-5-11-7/h1-3,5H,4,6H2,(H3,9,10)/p+1. The number of hydrogen-bond acceptors (Lipinski definition) is 2. The second-order valence-corrected chi connectivity index (χ2v) is 3.49. The maximum absolute atomic E-state index is 5.29. The molecule has 0 radical (unpaired) electrons. The third-order valence-corrected chi connectivity index (χ3v) is 2.09. The summed E-state index contributed by atoms with van der Waals surface area (Å²) in [6.07, 6.45) is 2.69. The summed E-state index contributed by atoms with van der Waals surface area (Å²) < 4.78 is 0. The van der Waals surface area contributed by atoms with E-state index >= 15 is 0 Å². The zero-order valence-electron chi connectivity index (χ0n) is 6.73. The van der Waals surface area contributed by atoms with Crippen molar-refractivity contribution in [2.45, 2.75) is 6.42 Å². The van der Waals surface area contributed by atoms with Crippen LogP contribution in [0.25, 0.3) is 0 Å². The lowest BCUT2D eigenvalue weighted by Gasteiger charge is -1.95. The first-order valence-electron chi connectivity index (χ1n) is 3.69. The minimum Gasteiger partial charge on any atom is -0.282 e. The van der Waals surface area contributed by atoms with E-state index < -0.39 is 0 Å². The largest absolute Gasteiger partial charge is 0.299 e. The van der Waals surface area contributed by atoms with Gasteiger partial charge >= 0.3 is 0 Å². The minimum absolute atomic E-state index is 0.422. The molecule has 0 saturated heterocycles. The number of hydrogen-bond donors (Lipinski definition) is 2. The first-order chi connectivity index (χ1) is 5.79. The van der Waals surface area contributed by atoms with E-state index in [9.17, 15) is 0 Å². The Kier molecular flexibility index (Phi) is 3.60. The number of pyridine rings is 1. The minimum atomic E-state index is 0.422. The molecule has 0 aliphatic carbocycles. The van der Waals surface area contributed by atoms with Crippen LogP contribution in [0.15, 0.2) is 24.4 Å².